The zero-order chi connectivity index (χ0) is 17.2. The molecule has 2 saturated carbocycles. The third-order valence-corrected chi connectivity index (χ3v) is 5.98. The maximum Gasteiger partial charge on any atom is 0.317 e. The molecule has 1 saturated heterocycles. The van der Waals surface area contributed by atoms with E-state index in [9.17, 15) is 9.90 Å². The molecule has 4 rings (SSSR count). The Labute approximate surface area is 148 Å². The van der Waals surface area contributed by atoms with Crippen molar-refractivity contribution < 1.29 is 14.6 Å². The highest BCUT2D eigenvalue weighted by molar-refractivity contribution is 5.75. The standard InChI is InChI=1S/C19H27N3O3/c23-16-9-8-14-11-15(16)17(25-18-7-3-4-10-20-18)12-22(14)19(24)21-13-5-1-2-6-13/h3-4,7,10,13-17,23H,1-2,5-6,8-9,11-12H2,(H,21,24)/t14-,15-,16+,17-/m0/s1. The van der Waals surface area contributed by atoms with Crippen LogP contribution in [0.4, 0.5) is 4.79 Å². The Bertz CT molecular complexity index is 591. The molecule has 2 N–H and O–H groups in total. The number of hydrogen-bond acceptors (Lipinski definition) is 4. The molecule has 2 bridgehead atoms. The van der Waals surface area contributed by atoms with Crippen LogP contribution in [0, 0.1) is 5.92 Å². The van der Waals surface area contributed by atoms with Crippen molar-refractivity contribution in [3.05, 3.63) is 24.4 Å². The number of aliphatic hydroxyl groups excluding tert-OH is 1. The van der Waals surface area contributed by atoms with E-state index in [0.717, 1.165) is 32.1 Å². The van der Waals surface area contributed by atoms with Gasteiger partial charge in [-0.15, -0.1) is 0 Å². The monoisotopic (exact) mass is 345 g/mol. The van der Waals surface area contributed by atoms with E-state index in [0.29, 0.717) is 18.5 Å². The van der Waals surface area contributed by atoms with Gasteiger partial charge in [-0.2, -0.15) is 0 Å². The molecule has 136 valence electrons. The quantitative estimate of drug-likeness (QED) is 0.882. The summed E-state index contributed by atoms with van der Waals surface area (Å²) in [5.41, 5.74) is 0. The summed E-state index contributed by atoms with van der Waals surface area (Å²) in [4.78, 5) is 19.0. The minimum atomic E-state index is -0.356. The van der Waals surface area contributed by atoms with E-state index in [1.54, 1.807) is 6.20 Å². The number of aromatic nitrogens is 1. The largest absolute Gasteiger partial charge is 0.472 e. The number of ether oxygens (including phenoxy) is 1. The number of piperidine rings is 1. The Balaban J connectivity index is 1.47. The molecule has 0 radical (unpaired) electrons. The first kappa shape index (κ1) is 16.6. The molecule has 1 aromatic rings. The molecule has 25 heavy (non-hydrogen) atoms. The van der Waals surface area contributed by atoms with Gasteiger partial charge in [0.2, 0.25) is 5.88 Å². The second-order valence-electron chi connectivity index (χ2n) is 7.61. The minimum absolute atomic E-state index is 0.0290. The third kappa shape index (κ3) is 3.59. The van der Waals surface area contributed by atoms with Crippen LogP contribution in [0.15, 0.2) is 24.4 Å². The molecule has 0 spiro atoms. The van der Waals surface area contributed by atoms with E-state index >= 15 is 0 Å². The summed E-state index contributed by atoms with van der Waals surface area (Å²) >= 11 is 0. The van der Waals surface area contributed by atoms with Crippen LogP contribution in [-0.4, -0.2) is 51.9 Å². The molecule has 1 aliphatic heterocycles. The van der Waals surface area contributed by atoms with E-state index < -0.39 is 0 Å². The van der Waals surface area contributed by atoms with Gasteiger partial charge in [-0.1, -0.05) is 18.9 Å². The van der Waals surface area contributed by atoms with Crippen LogP contribution in [0.1, 0.15) is 44.9 Å². The SMILES string of the molecule is O=C(NC1CCCC1)N1C[C@H](Oc2ccccn2)[C@H]2C[C@@H]1CC[C@H]2O. The van der Waals surface area contributed by atoms with E-state index in [2.05, 4.69) is 10.3 Å². The van der Waals surface area contributed by atoms with Crippen LogP contribution >= 0.6 is 0 Å². The number of fused-ring (bicyclic) bond motifs is 2. The van der Waals surface area contributed by atoms with Crippen molar-refractivity contribution in [1.29, 1.82) is 0 Å². The smallest absolute Gasteiger partial charge is 0.317 e. The molecule has 4 atom stereocenters. The fraction of sp³-hybridized carbons (Fsp3) is 0.684. The zero-order valence-corrected chi connectivity index (χ0v) is 14.5. The first-order chi connectivity index (χ1) is 12.2. The van der Waals surface area contributed by atoms with Gasteiger partial charge < -0.3 is 20.1 Å². The molecule has 6 nitrogen and oxygen atoms in total. The zero-order valence-electron chi connectivity index (χ0n) is 14.5. The van der Waals surface area contributed by atoms with Gasteiger partial charge in [-0.25, -0.2) is 9.78 Å². The van der Waals surface area contributed by atoms with Gasteiger partial charge in [-0.05, 0) is 38.2 Å². The predicted molar refractivity (Wildman–Crippen MR) is 93.3 cm³/mol. The molecule has 2 heterocycles. The lowest BCUT2D eigenvalue weighted by Crippen LogP contribution is -2.61. The number of likely N-dealkylation sites (tertiary alicyclic amines) is 1. The van der Waals surface area contributed by atoms with Crippen LogP contribution in [0.25, 0.3) is 0 Å². The van der Waals surface area contributed by atoms with E-state index in [-0.39, 0.29) is 30.2 Å². The number of rotatable bonds is 3. The molecule has 0 unspecified atom stereocenters. The molecule has 2 aliphatic carbocycles. The Morgan fingerprint density at radius 3 is 2.84 bits per heavy atom. The van der Waals surface area contributed by atoms with Gasteiger partial charge in [0.15, 0.2) is 0 Å². The molecule has 6 heteroatoms. The molecular formula is C19H27N3O3. The third-order valence-electron chi connectivity index (χ3n) is 5.98. The summed E-state index contributed by atoms with van der Waals surface area (Å²) in [6.07, 6.45) is 8.10. The van der Waals surface area contributed by atoms with Crippen molar-refractivity contribution in [2.24, 2.45) is 5.92 Å². The molecule has 3 aliphatic rings. The fourth-order valence-electron chi connectivity index (χ4n) is 4.60. The molecule has 3 fully saturated rings. The second kappa shape index (κ2) is 7.20. The van der Waals surface area contributed by atoms with Gasteiger partial charge in [0.1, 0.15) is 6.10 Å². The van der Waals surface area contributed by atoms with Crippen LogP contribution in [0.5, 0.6) is 5.88 Å². The van der Waals surface area contributed by atoms with Gasteiger partial charge in [-0.3, -0.25) is 0 Å². The minimum Gasteiger partial charge on any atom is -0.472 e. The number of pyridine rings is 1. The average Bonchev–Trinajstić information content (AvgIpc) is 3.13. The summed E-state index contributed by atoms with van der Waals surface area (Å²) < 4.78 is 6.07. The molecule has 1 aromatic heterocycles. The molecule has 2 amide bonds. The summed E-state index contributed by atoms with van der Waals surface area (Å²) in [5.74, 6) is 0.621. The topological polar surface area (TPSA) is 74.7 Å². The van der Waals surface area contributed by atoms with Crippen LogP contribution < -0.4 is 10.1 Å². The Morgan fingerprint density at radius 2 is 2.08 bits per heavy atom. The van der Waals surface area contributed by atoms with Crippen molar-refractivity contribution in [3.8, 4) is 5.88 Å². The summed E-state index contributed by atoms with van der Waals surface area (Å²) in [6.45, 7) is 0.515. The number of nitrogens with zero attached hydrogens (tertiary/aromatic N) is 2. The summed E-state index contributed by atoms with van der Waals surface area (Å²) in [7, 11) is 0. The van der Waals surface area contributed by atoms with Crippen molar-refractivity contribution >= 4 is 6.03 Å². The second-order valence-corrected chi connectivity index (χ2v) is 7.61. The van der Waals surface area contributed by atoms with Gasteiger partial charge in [0, 0.05) is 30.3 Å². The highest BCUT2D eigenvalue weighted by atomic mass is 16.5. The molecule has 0 aromatic carbocycles. The van der Waals surface area contributed by atoms with Crippen molar-refractivity contribution in [2.45, 2.75) is 69.2 Å². The van der Waals surface area contributed by atoms with Crippen LogP contribution in [-0.2, 0) is 0 Å². The Hall–Kier alpha value is -1.82. The lowest BCUT2D eigenvalue weighted by atomic mass is 9.76. The number of carbonyl (C=O) groups excluding carboxylic acids is 1. The summed E-state index contributed by atoms with van der Waals surface area (Å²) in [6, 6.07) is 6.11. The number of hydrogen-bond donors (Lipinski definition) is 2. The van der Waals surface area contributed by atoms with E-state index in [1.807, 2.05) is 23.1 Å². The van der Waals surface area contributed by atoms with Gasteiger partial charge in [0.25, 0.3) is 0 Å². The lowest BCUT2D eigenvalue weighted by molar-refractivity contribution is -0.0678. The highest BCUT2D eigenvalue weighted by Gasteiger charge is 2.45. The fourth-order valence-corrected chi connectivity index (χ4v) is 4.60. The predicted octanol–water partition coefficient (Wildman–Crippen LogP) is 2.33. The van der Waals surface area contributed by atoms with Crippen LogP contribution in [0.3, 0.4) is 0 Å². The van der Waals surface area contributed by atoms with Crippen molar-refractivity contribution in [3.63, 3.8) is 0 Å². The van der Waals surface area contributed by atoms with Gasteiger partial charge in [0.05, 0.1) is 12.6 Å². The molecular weight excluding hydrogens is 318 g/mol. The first-order valence-electron chi connectivity index (χ1n) is 9.53. The average molecular weight is 345 g/mol. The normalized spacial score (nSPS) is 32.4. The van der Waals surface area contributed by atoms with Crippen molar-refractivity contribution in [1.82, 2.24) is 15.2 Å². The van der Waals surface area contributed by atoms with Gasteiger partial charge >= 0.3 is 6.03 Å². The van der Waals surface area contributed by atoms with Crippen molar-refractivity contribution in [2.75, 3.05) is 6.54 Å². The summed E-state index contributed by atoms with van der Waals surface area (Å²) in [5, 5.41) is 13.6. The number of aliphatic hydroxyl groups is 1. The van der Waals surface area contributed by atoms with E-state index in [4.69, 9.17) is 4.74 Å². The number of carbonyl (C=O) groups is 1. The van der Waals surface area contributed by atoms with Crippen LogP contribution in [0.2, 0.25) is 0 Å². The Kier molecular flexibility index (Phi) is 4.79. The number of amides is 2. The van der Waals surface area contributed by atoms with E-state index in [1.165, 1.54) is 12.8 Å². The maximum atomic E-state index is 12.8. The Morgan fingerprint density at radius 1 is 1.24 bits per heavy atom. The maximum absolute atomic E-state index is 12.8. The number of urea groups is 1. The number of nitrogens with one attached hydrogen (secondary N) is 1. The highest BCUT2D eigenvalue weighted by Crippen LogP contribution is 2.37. The first-order valence-corrected chi connectivity index (χ1v) is 9.53. The lowest BCUT2D eigenvalue weighted by Gasteiger charge is -2.48.